The minimum atomic E-state index is -1.61. The van der Waals surface area contributed by atoms with E-state index in [1.807, 2.05) is 6.07 Å². The van der Waals surface area contributed by atoms with Gasteiger partial charge in [-0.3, -0.25) is 0 Å². The summed E-state index contributed by atoms with van der Waals surface area (Å²) in [7, 11) is -0.0792. The molecule has 2 N–H and O–H groups in total. The molecule has 0 aliphatic carbocycles. The van der Waals surface area contributed by atoms with Gasteiger partial charge in [-0.2, -0.15) is 0 Å². The van der Waals surface area contributed by atoms with Gasteiger partial charge in [-0.1, -0.05) is 19.9 Å². The Kier molecular flexibility index (Phi) is 3.14. The van der Waals surface area contributed by atoms with Gasteiger partial charge in [0.05, 0.1) is 13.7 Å². The summed E-state index contributed by atoms with van der Waals surface area (Å²) in [4.78, 5) is 0.456. The quantitative estimate of drug-likeness (QED) is 0.875. The fraction of sp³-hybridized carbons (Fsp3) is 0.500. The molecule has 17 heavy (non-hydrogen) atoms. The van der Waals surface area contributed by atoms with Gasteiger partial charge in [-0.25, -0.2) is 9.35 Å². The normalized spacial score (nSPS) is 19.1. The molecular weight excluding hydrogens is 238 g/mol. The summed E-state index contributed by atoms with van der Waals surface area (Å²) in [5, 5.41) is 5.51. The molecule has 0 saturated carbocycles. The standard InChI is InChI=1S/C12H17NO3S/c1-12(2)6-7-16-10-8(12)4-5-9(15-3)11(10)17(13)14/h4-5H,6-7,13H2,1-3H3. The van der Waals surface area contributed by atoms with E-state index in [0.29, 0.717) is 23.0 Å². The second kappa shape index (κ2) is 4.31. The Bertz CT molecular complexity index is 471. The van der Waals surface area contributed by atoms with Gasteiger partial charge in [0.1, 0.15) is 27.4 Å². The maximum Gasteiger partial charge on any atom is 0.144 e. The molecule has 0 aromatic heterocycles. The second-order valence-corrected chi connectivity index (χ2v) is 5.76. The molecule has 1 atom stereocenters. The van der Waals surface area contributed by atoms with Crippen LogP contribution < -0.4 is 14.6 Å². The topological polar surface area (TPSA) is 61.5 Å². The van der Waals surface area contributed by atoms with Crippen molar-refractivity contribution in [3.8, 4) is 11.5 Å². The molecular formula is C12H17NO3S. The van der Waals surface area contributed by atoms with Crippen molar-refractivity contribution in [2.24, 2.45) is 5.14 Å². The molecule has 1 aliphatic heterocycles. The Morgan fingerprint density at radius 3 is 2.76 bits per heavy atom. The molecule has 2 rings (SSSR count). The van der Waals surface area contributed by atoms with E-state index in [4.69, 9.17) is 14.6 Å². The van der Waals surface area contributed by atoms with E-state index in [1.165, 1.54) is 7.11 Å². The highest BCUT2D eigenvalue weighted by atomic mass is 32.2. The van der Waals surface area contributed by atoms with E-state index in [0.717, 1.165) is 12.0 Å². The number of nitrogens with two attached hydrogens (primary N) is 1. The van der Waals surface area contributed by atoms with Gasteiger partial charge in [0.15, 0.2) is 0 Å². The molecule has 0 bridgehead atoms. The fourth-order valence-electron chi connectivity index (χ4n) is 2.11. The maximum atomic E-state index is 11.6. The van der Waals surface area contributed by atoms with Crippen molar-refractivity contribution < 1.29 is 13.7 Å². The fourth-order valence-corrected chi connectivity index (χ4v) is 2.82. The Morgan fingerprint density at radius 1 is 1.47 bits per heavy atom. The van der Waals surface area contributed by atoms with E-state index in [9.17, 15) is 4.21 Å². The van der Waals surface area contributed by atoms with E-state index in [1.54, 1.807) is 6.07 Å². The first-order valence-electron chi connectivity index (χ1n) is 5.48. The predicted octanol–water partition coefficient (Wildman–Crippen LogP) is 1.74. The summed E-state index contributed by atoms with van der Waals surface area (Å²) in [5.74, 6) is 1.14. The minimum absolute atomic E-state index is 0.00791. The molecule has 1 aromatic carbocycles. The van der Waals surface area contributed by atoms with E-state index in [-0.39, 0.29) is 5.41 Å². The summed E-state index contributed by atoms with van der Waals surface area (Å²) in [6, 6.07) is 3.76. The van der Waals surface area contributed by atoms with Gasteiger partial charge in [-0.05, 0) is 17.9 Å². The molecule has 1 aliphatic rings. The Morgan fingerprint density at radius 2 is 2.18 bits per heavy atom. The van der Waals surface area contributed by atoms with Crippen LogP contribution in [-0.2, 0) is 16.4 Å². The summed E-state index contributed by atoms with van der Waals surface area (Å²) >= 11 is 0. The van der Waals surface area contributed by atoms with Crippen molar-refractivity contribution in [1.29, 1.82) is 0 Å². The number of benzene rings is 1. The van der Waals surface area contributed by atoms with Crippen molar-refractivity contribution in [3.63, 3.8) is 0 Å². The Labute approximate surface area is 104 Å². The van der Waals surface area contributed by atoms with Crippen molar-refractivity contribution >= 4 is 11.0 Å². The van der Waals surface area contributed by atoms with Crippen LogP contribution in [0.3, 0.4) is 0 Å². The van der Waals surface area contributed by atoms with E-state index < -0.39 is 11.0 Å². The first-order valence-corrected chi connectivity index (χ1v) is 6.69. The molecule has 0 fully saturated rings. The Hall–Kier alpha value is -1.07. The van der Waals surface area contributed by atoms with Crippen LogP contribution >= 0.6 is 0 Å². The van der Waals surface area contributed by atoms with E-state index in [2.05, 4.69) is 13.8 Å². The molecule has 0 radical (unpaired) electrons. The minimum Gasteiger partial charge on any atom is -0.495 e. The zero-order valence-corrected chi connectivity index (χ0v) is 11.1. The first-order chi connectivity index (χ1) is 7.97. The molecule has 1 aromatic rings. The van der Waals surface area contributed by atoms with Crippen LogP contribution in [0, 0.1) is 0 Å². The van der Waals surface area contributed by atoms with Gasteiger partial charge in [0, 0.05) is 5.56 Å². The lowest BCUT2D eigenvalue weighted by molar-refractivity contribution is 0.225. The third-order valence-electron chi connectivity index (χ3n) is 3.20. The second-order valence-electron chi connectivity index (χ2n) is 4.75. The van der Waals surface area contributed by atoms with Crippen molar-refractivity contribution in [3.05, 3.63) is 17.7 Å². The molecule has 94 valence electrons. The molecule has 1 heterocycles. The van der Waals surface area contributed by atoms with E-state index >= 15 is 0 Å². The molecule has 1 unspecified atom stereocenters. The third-order valence-corrected chi connectivity index (χ3v) is 3.99. The van der Waals surface area contributed by atoms with Crippen LogP contribution in [0.4, 0.5) is 0 Å². The van der Waals surface area contributed by atoms with Gasteiger partial charge in [0.2, 0.25) is 0 Å². The van der Waals surface area contributed by atoms with Crippen LogP contribution in [0.1, 0.15) is 25.8 Å². The average molecular weight is 255 g/mol. The van der Waals surface area contributed by atoms with Gasteiger partial charge in [0.25, 0.3) is 0 Å². The number of rotatable bonds is 2. The zero-order chi connectivity index (χ0) is 12.6. The lowest BCUT2D eigenvalue weighted by Gasteiger charge is -2.33. The van der Waals surface area contributed by atoms with Crippen molar-refractivity contribution in [2.75, 3.05) is 13.7 Å². The van der Waals surface area contributed by atoms with Crippen LogP contribution in [0.5, 0.6) is 11.5 Å². The van der Waals surface area contributed by atoms with Crippen LogP contribution in [0.25, 0.3) is 0 Å². The predicted molar refractivity (Wildman–Crippen MR) is 66.7 cm³/mol. The summed E-state index contributed by atoms with van der Waals surface area (Å²) < 4.78 is 22.5. The number of hydrogen-bond donors (Lipinski definition) is 1. The lowest BCUT2D eigenvalue weighted by Crippen LogP contribution is -2.28. The number of methoxy groups -OCH3 is 1. The highest BCUT2D eigenvalue weighted by molar-refractivity contribution is 7.83. The highest BCUT2D eigenvalue weighted by Crippen LogP contribution is 2.44. The largest absolute Gasteiger partial charge is 0.495 e. The van der Waals surface area contributed by atoms with Crippen molar-refractivity contribution in [1.82, 2.24) is 0 Å². The lowest BCUT2D eigenvalue weighted by atomic mass is 9.80. The van der Waals surface area contributed by atoms with Gasteiger partial charge >= 0.3 is 0 Å². The monoisotopic (exact) mass is 255 g/mol. The third kappa shape index (κ3) is 2.05. The number of ether oxygens (including phenoxy) is 2. The van der Waals surface area contributed by atoms with Gasteiger partial charge < -0.3 is 9.47 Å². The SMILES string of the molecule is COc1ccc2c(c1S(N)=O)OCCC2(C)C. The Balaban J connectivity index is 2.68. The molecule has 0 saturated heterocycles. The maximum absolute atomic E-state index is 11.6. The molecule has 0 amide bonds. The average Bonchev–Trinajstić information content (AvgIpc) is 2.26. The number of hydrogen-bond acceptors (Lipinski definition) is 3. The van der Waals surface area contributed by atoms with Crippen LogP contribution in [0.15, 0.2) is 17.0 Å². The smallest absolute Gasteiger partial charge is 0.144 e. The van der Waals surface area contributed by atoms with Crippen LogP contribution in [0.2, 0.25) is 0 Å². The summed E-state index contributed by atoms with van der Waals surface area (Å²) in [6.45, 7) is 4.89. The summed E-state index contributed by atoms with van der Waals surface area (Å²) in [6.07, 6.45) is 0.934. The highest BCUT2D eigenvalue weighted by Gasteiger charge is 2.32. The first kappa shape index (κ1) is 12.4. The van der Waals surface area contributed by atoms with Gasteiger partial charge in [-0.15, -0.1) is 0 Å². The molecule has 4 nitrogen and oxygen atoms in total. The van der Waals surface area contributed by atoms with Crippen molar-refractivity contribution in [2.45, 2.75) is 30.6 Å². The summed E-state index contributed by atoms with van der Waals surface area (Å²) in [5.41, 5.74) is 1.05. The number of fused-ring (bicyclic) bond motifs is 1. The molecule has 0 spiro atoms. The molecule has 5 heteroatoms. The zero-order valence-electron chi connectivity index (χ0n) is 10.3. The van der Waals surface area contributed by atoms with Crippen LogP contribution in [-0.4, -0.2) is 17.9 Å².